The lowest BCUT2D eigenvalue weighted by atomic mass is 10.5. The van der Waals surface area contributed by atoms with Crippen molar-refractivity contribution >= 4 is 11.7 Å². The number of anilines is 1. The maximum Gasteiger partial charge on any atom is 0.321 e. The van der Waals surface area contributed by atoms with Crippen molar-refractivity contribution in [1.29, 1.82) is 0 Å². The van der Waals surface area contributed by atoms with E-state index in [1.54, 1.807) is 15.8 Å². The van der Waals surface area contributed by atoms with Crippen LogP contribution < -0.4 is 5.32 Å². The Bertz CT molecular complexity index is 317. The Kier molecular flexibility index (Phi) is 4.15. The summed E-state index contributed by atoms with van der Waals surface area (Å²) in [5.41, 5.74) is 0.744. The van der Waals surface area contributed by atoms with Gasteiger partial charge in [-0.3, -0.25) is 4.68 Å². The van der Waals surface area contributed by atoms with Crippen LogP contribution in [0.4, 0.5) is 10.5 Å². The van der Waals surface area contributed by atoms with Crippen LogP contribution in [-0.2, 0) is 6.54 Å². The van der Waals surface area contributed by atoms with E-state index in [9.17, 15) is 4.79 Å². The predicted octanol–water partition coefficient (Wildman–Crippen LogP) is 1.78. The van der Waals surface area contributed by atoms with E-state index in [1.165, 1.54) is 0 Å². The minimum absolute atomic E-state index is 0.0735. The molecule has 5 nitrogen and oxygen atoms in total. The lowest BCUT2D eigenvalue weighted by Gasteiger charge is -2.18. The Labute approximate surface area is 90.1 Å². The number of rotatable bonds is 4. The maximum absolute atomic E-state index is 11.7. The molecular formula is C10H18N4O. The van der Waals surface area contributed by atoms with Crippen LogP contribution in [0.3, 0.4) is 0 Å². The molecule has 0 aliphatic carbocycles. The van der Waals surface area contributed by atoms with Crippen LogP contribution >= 0.6 is 0 Å². The minimum atomic E-state index is -0.0735. The molecular weight excluding hydrogens is 192 g/mol. The number of hydrogen-bond acceptors (Lipinski definition) is 2. The molecule has 0 unspecified atom stereocenters. The van der Waals surface area contributed by atoms with Gasteiger partial charge in [0.05, 0.1) is 11.9 Å². The molecule has 1 heterocycles. The SMILES string of the molecule is CCN(CC)C(=O)Nc1cnn(CC)c1. The fourth-order valence-electron chi connectivity index (χ4n) is 1.31. The van der Waals surface area contributed by atoms with Gasteiger partial charge in [-0.2, -0.15) is 5.10 Å². The summed E-state index contributed by atoms with van der Waals surface area (Å²) in [5.74, 6) is 0. The Hall–Kier alpha value is -1.52. The average Bonchev–Trinajstić information content (AvgIpc) is 2.67. The molecule has 5 heteroatoms. The Balaban J connectivity index is 2.57. The molecule has 0 saturated carbocycles. The topological polar surface area (TPSA) is 50.2 Å². The lowest BCUT2D eigenvalue weighted by molar-refractivity contribution is 0.217. The molecule has 0 fully saturated rings. The fraction of sp³-hybridized carbons (Fsp3) is 0.600. The zero-order chi connectivity index (χ0) is 11.3. The van der Waals surface area contributed by atoms with Gasteiger partial charge in [0.15, 0.2) is 0 Å². The Morgan fingerprint density at radius 3 is 2.60 bits per heavy atom. The number of amides is 2. The highest BCUT2D eigenvalue weighted by atomic mass is 16.2. The molecule has 1 aromatic rings. The van der Waals surface area contributed by atoms with Gasteiger partial charge in [-0.15, -0.1) is 0 Å². The predicted molar refractivity (Wildman–Crippen MR) is 59.8 cm³/mol. The second kappa shape index (κ2) is 5.38. The average molecular weight is 210 g/mol. The van der Waals surface area contributed by atoms with E-state index in [1.807, 2.05) is 27.0 Å². The van der Waals surface area contributed by atoms with Gasteiger partial charge in [-0.1, -0.05) is 0 Å². The smallest absolute Gasteiger partial charge is 0.321 e. The number of nitrogens with one attached hydrogen (secondary N) is 1. The fourth-order valence-corrected chi connectivity index (χ4v) is 1.31. The minimum Gasteiger partial charge on any atom is -0.325 e. The Morgan fingerprint density at radius 2 is 2.13 bits per heavy atom. The summed E-state index contributed by atoms with van der Waals surface area (Å²) in [7, 11) is 0. The van der Waals surface area contributed by atoms with Gasteiger partial charge in [0, 0.05) is 25.8 Å². The molecule has 1 aromatic heterocycles. The van der Waals surface area contributed by atoms with E-state index in [-0.39, 0.29) is 6.03 Å². The summed E-state index contributed by atoms with van der Waals surface area (Å²) in [6.45, 7) is 8.15. The molecule has 0 aliphatic rings. The molecule has 0 atom stereocenters. The summed E-state index contributed by atoms with van der Waals surface area (Å²) in [4.78, 5) is 13.4. The van der Waals surface area contributed by atoms with E-state index >= 15 is 0 Å². The molecule has 0 bridgehead atoms. The van der Waals surface area contributed by atoms with Crippen molar-refractivity contribution in [2.75, 3.05) is 18.4 Å². The number of carbonyl (C=O) groups is 1. The third-order valence-corrected chi connectivity index (χ3v) is 2.26. The number of urea groups is 1. The van der Waals surface area contributed by atoms with Gasteiger partial charge < -0.3 is 10.2 Å². The second-order valence-corrected chi connectivity index (χ2v) is 3.19. The van der Waals surface area contributed by atoms with E-state index in [0.29, 0.717) is 13.1 Å². The first-order chi connectivity index (χ1) is 7.21. The normalized spacial score (nSPS) is 10.1. The third kappa shape index (κ3) is 2.97. The molecule has 0 saturated heterocycles. The van der Waals surface area contributed by atoms with Crippen molar-refractivity contribution in [1.82, 2.24) is 14.7 Å². The van der Waals surface area contributed by atoms with Crippen molar-refractivity contribution in [2.24, 2.45) is 0 Å². The van der Waals surface area contributed by atoms with Crippen molar-refractivity contribution < 1.29 is 4.79 Å². The highest BCUT2D eigenvalue weighted by molar-refractivity contribution is 5.88. The van der Waals surface area contributed by atoms with Crippen molar-refractivity contribution in [3.8, 4) is 0 Å². The van der Waals surface area contributed by atoms with Gasteiger partial charge in [0.25, 0.3) is 0 Å². The van der Waals surface area contributed by atoms with Crippen LogP contribution in [-0.4, -0.2) is 33.8 Å². The first-order valence-electron chi connectivity index (χ1n) is 5.29. The maximum atomic E-state index is 11.7. The quantitative estimate of drug-likeness (QED) is 0.823. The molecule has 15 heavy (non-hydrogen) atoms. The number of hydrogen-bond donors (Lipinski definition) is 1. The lowest BCUT2D eigenvalue weighted by Crippen LogP contribution is -2.34. The largest absolute Gasteiger partial charge is 0.325 e. The zero-order valence-corrected chi connectivity index (χ0v) is 9.53. The number of carbonyl (C=O) groups excluding carboxylic acids is 1. The van der Waals surface area contributed by atoms with Crippen LogP contribution in [0.25, 0.3) is 0 Å². The first-order valence-corrected chi connectivity index (χ1v) is 5.29. The molecule has 0 radical (unpaired) electrons. The van der Waals surface area contributed by atoms with Gasteiger partial charge in [0.2, 0.25) is 0 Å². The van der Waals surface area contributed by atoms with Gasteiger partial charge in [-0.05, 0) is 20.8 Å². The first kappa shape index (κ1) is 11.6. The Morgan fingerprint density at radius 1 is 1.47 bits per heavy atom. The van der Waals surface area contributed by atoms with Crippen LogP contribution in [0, 0.1) is 0 Å². The van der Waals surface area contributed by atoms with Crippen LogP contribution in [0.15, 0.2) is 12.4 Å². The molecule has 1 N–H and O–H groups in total. The van der Waals surface area contributed by atoms with Crippen LogP contribution in [0.2, 0.25) is 0 Å². The van der Waals surface area contributed by atoms with Gasteiger partial charge in [-0.25, -0.2) is 4.79 Å². The highest BCUT2D eigenvalue weighted by Gasteiger charge is 2.09. The summed E-state index contributed by atoms with van der Waals surface area (Å²) in [5, 5.41) is 6.88. The van der Waals surface area contributed by atoms with Crippen LogP contribution in [0.5, 0.6) is 0 Å². The molecule has 2 amide bonds. The second-order valence-electron chi connectivity index (χ2n) is 3.19. The summed E-state index contributed by atoms with van der Waals surface area (Å²) in [6.07, 6.45) is 3.48. The van der Waals surface area contributed by atoms with E-state index in [2.05, 4.69) is 10.4 Å². The molecule has 0 aromatic carbocycles. The standard InChI is InChI=1S/C10H18N4O/c1-4-13(5-2)10(15)12-9-7-11-14(6-3)8-9/h7-8H,4-6H2,1-3H3,(H,12,15). The van der Waals surface area contributed by atoms with Gasteiger partial charge in [0.1, 0.15) is 0 Å². The number of aryl methyl sites for hydroxylation is 1. The van der Waals surface area contributed by atoms with Gasteiger partial charge >= 0.3 is 6.03 Å². The molecule has 0 aliphatic heterocycles. The van der Waals surface area contributed by atoms with E-state index < -0.39 is 0 Å². The zero-order valence-electron chi connectivity index (χ0n) is 9.53. The third-order valence-electron chi connectivity index (χ3n) is 2.26. The molecule has 84 valence electrons. The summed E-state index contributed by atoms with van der Waals surface area (Å²) < 4.78 is 1.78. The van der Waals surface area contributed by atoms with E-state index in [4.69, 9.17) is 0 Å². The van der Waals surface area contributed by atoms with Crippen molar-refractivity contribution in [2.45, 2.75) is 27.3 Å². The molecule has 0 spiro atoms. The molecule has 1 rings (SSSR count). The summed E-state index contributed by atoms with van der Waals surface area (Å²) >= 11 is 0. The van der Waals surface area contributed by atoms with Crippen molar-refractivity contribution in [3.63, 3.8) is 0 Å². The highest BCUT2D eigenvalue weighted by Crippen LogP contribution is 2.05. The number of nitrogens with zero attached hydrogens (tertiary/aromatic N) is 3. The summed E-state index contributed by atoms with van der Waals surface area (Å²) in [6, 6.07) is -0.0735. The monoisotopic (exact) mass is 210 g/mol. The number of aromatic nitrogens is 2. The van der Waals surface area contributed by atoms with E-state index in [0.717, 1.165) is 12.2 Å². The van der Waals surface area contributed by atoms with Crippen LogP contribution in [0.1, 0.15) is 20.8 Å². The van der Waals surface area contributed by atoms with Crippen molar-refractivity contribution in [3.05, 3.63) is 12.4 Å².